The lowest BCUT2D eigenvalue weighted by Crippen LogP contribution is -2.30. The fraction of sp³-hybridized carbons (Fsp3) is 0.500. The van der Waals surface area contributed by atoms with Gasteiger partial charge < -0.3 is 19.7 Å². The van der Waals surface area contributed by atoms with Crippen molar-refractivity contribution in [3.8, 4) is 0 Å². The van der Waals surface area contributed by atoms with Gasteiger partial charge in [-0.1, -0.05) is 0 Å². The lowest BCUT2D eigenvalue weighted by Gasteiger charge is -2.10. The molecule has 18 heavy (non-hydrogen) atoms. The molecule has 0 aromatic carbocycles. The first-order chi connectivity index (χ1) is 8.50. The van der Waals surface area contributed by atoms with Crippen molar-refractivity contribution in [3.05, 3.63) is 24.0 Å². The van der Waals surface area contributed by atoms with Crippen LogP contribution in [0.25, 0.3) is 0 Å². The van der Waals surface area contributed by atoms with Crippen molar-refractivity contribution in [2.24, 2.45) is 0 Å². The van der Waals surface area contributed by atoms with Crippen molar-refractivity contribution in [1.29, 1.82) is 0 Å². The Labute approximate surface area is 106 Å². The summed E-state index contributed by atoms with van der Waals surface area (Å²) in [6.45, 7) is 4.44. The summed E-state index contributed by atoms with van der Waals surface area (Å²) in [6.07, 6.45) is 1.69. The predicted molar refractivity (Wildman–Crippen MR) is 65.5 cm³/mol. The molecular weight excluding hydrogens is 236 g/mol. The summed E-state index contributed by atoms with van der Waals surface area (Å²) in [6, 6.07) is 3.23. The highest BCUT2D eigenvalue weighted by Crippen LogP contribution is 2.02. The van der Waals surface area contributed by atoms with Crippen molar-refractivity contribution in [3.63, 3.8) is 0 Å². The molecule has 100 valence electrons. The van der Waals surface area contributed by atoms with E-state index in [1.807, 2.05) is 13.8 Å². The zero-order chi connectivity index (χ0) is 13.5. The highest BCUT2D eigenvalue weighted by molar-refractivity contribution is 5.93. The number of carboxylic acid groups (broad SMARTS) is 1. The summed E-state index contributed by atoms with van der Waals surface area (Å²) in [5.41, 5.74) is 0.335. The molecule has 0 atom stereocenters. The number of carbonyl (C=O) groups is 2. The van der Waals surface area contributed by atoms with Gasteiger partial charge in [0.15, 0.2) is 0 Å². The Kier molecular flexibility index (Phi) is 5.38. The Morgan fingerprint density at radius 3 is 2.83 bits per heavy atom. The van der Waals surface area contributed by atoms with Crippen LogP contribution in [0.5, 0.6) is 0 Å². The van der Waals surface area contributed by atoms with Gasteiger partial charge in [0, 0.05) is 12.7 Å². The number of nitrogens with zero attached hydrogens (tertiary/aromatic N) is 1. The second-order valence-electron chi connectivity index (χ2n) is 4.09. The number of hydrogen-bond donors (Lipinski definition) is 2. The number of carbonyl (C=O) groups excluding carboxylic acids is 1. The normalized spacial score (nSPS) is 10.6. The molecule has 0 aliphatic heterocycles. The summed E-state index contributed by atoms with van der Waals surface area (Å²) in [4.78, 5) is 22.4. The van der Waals surface area contributed by atoms with Gasteiger partial charge in [-0.05, 0) is 26.0 Å². The molecule has 0 aliphatic carbocycles. The van der Waals surface area contributed by atoms with E-state index in [0.717, 1.165) is 0 Å². The van der Waals surface area contributed by atoms with E-state index in [4.69, 9.17) is 9.84 Å². The average molecular weight is 254 g/mol. The number of carboxylic acids is 1. The minimum Gasteiger partial charge on any atom is -0.480 e. The molecule has 0 aliphatic rings. The van der Waals surface area contributed by atoms with Crippen LogP contribution in [0.3, 0.4) is 0 Å². The van der Waals surface area contributed by atoms with Crippen molar-refractivity contribution in [2.45, 2.75) is 26.5 Å². The molecule has 0 bridgehead atoms. The first-order valence-electron chi connectivity index (χ1n) is 5.77. The maximum atomic E-state index is 11.8. The van der Waals surface area contributed by atoms with Gasteiger partial charge in [-0.15, -0.1) is 0 Å². The van der Waals surface area contributed by atoms with Crippen LogP contribution in [-0.2, 0) is 16.1 Å². The second-order valence-corrected chi connectivity index (χ2v) is 4.09. The molecule has 0 saturated heterocycles. The number of aliphatic carboxylic acids is 1. The molecular formula is C12H18N2O4. The maximum Gasteiger partial charge on any atom is 0.323 e. The quantitative estimate of drug-likeness (QED) is 0.703. The summed E-state index contributed by atoms with van der Waals surface area (Å²) in [5.74, 6) is -1.28. The van der Waals surface area contributed by atoms with Crippen LogP contribution >= 0.6 is 0 Å². The molecule has 2 N–H and O–H groups in total. The van der Waals surface area contributed by atoms with Gasteiger partial charge in [0.1, 0.15) is 12.2 Å². The zero-order valence-electron chi connectivity index (χ0n) is 10.5. The molecule has 1 aromatic heterocycles. The predicted octanol–water partition coefficient (Wildman–Crippen LogP) is 0.728. The first-order valence-corrected chi connectivity index (χ1v) is 5.77. The van der Waals surface area contributed by atoms with E-state index in [9.17, 15) is 9.59 Å². The molecule has 1 heterocycles. The minimum absolute atomic E-state index is 0.123. The molecule has 0 saturated carbocycles. The van der Waals surface area contributed by atoms with Crippen LogP contribution in [-0.4, -0.2) is 40.8 Å². The fourth-order valence-corrected chi connectivity index (χ4v) is 1.45. The largest absolute Gasteiger partial charge is 0.480 e. The van der Waals surface area contributed by atoms with Crippen molar-refractivity contribution < 1.29 is 19.4 Å². The van der Waals surface area contributed by atoms with Gasteiger partial charge in [0.25, 0.3) is 5.91 Å². The third-order valence-electron chi connectivity index (χ3n) is 2.21. The van der Waals surface area contributed by atoms with E-state index in [1.54, 1.807) is 18.3 Å². The summed E-state index contributed by atoms with van der Waals surface area (Å²) in [5, 5.41) is 11.4. The summed E-state index contributed by atoms with van der Waals surface area (Å²) < 4.78 is 6.68. The van der Waals surface area contributed by atoms with Crippen LogP contribution in [0, 0.1) is 0 Å². The molecule has 0 spiro atoms. The Balaban J connectivity index is 2.46. The van der Waals surface area contributed by atoms with Gasteiger partial charge in [-0.3, -0.25) is 9.59 Å². The molecule has 0 radical (unpaired) electrons. The van der Waals surface area contributed by atoms with Crippen molar-refractivity contribution in [1.82, 2.24) is 9.88 Å². The van der Waals surface area contributed by atoms with Gasteiger partial charge in [0.05, 0.1) is 12.7 Å². The van der Waals surface area contributed by atoms with Gasteiger partial charge in [-0.25, -0.2) is 0 Å². The smallest absolute Gasteiger partial charge is 0.323 e. The van der Waals surface area contributed by atoms with Crippen LogP contribution in [0.2, 0.25) is 0 Å². The van der Waals surface area contributed by atoms with E-state index in [2.05, 4.69) is 5.32 Å². The van der Waals surface area contributed by atoms with Crippen LogP contribution < -0.4 is 5.32 Å². The van der Waals surface area contributed by atoms with Crippen LogP contribution in [0.15, 0.2) is 18.3 Å². The van der Waals surface area contributed by atoms with Crippen molar-refractivity contribution in [2.75, 3.05) is 13.2 Å². The number of ether oxygens (including phenoxy) is 1. The highest BCUT2D eigenvalue weighted by Gasteiger charge is 2.11. The van der Waals surface area contributed by atoms with Gasteiger partial charge in [-0.2, -0.15) is 0 Å². The van der Waals surface area contributed by atoms with E-state index in [1.165, 1.54) is 4.57 Å². The molecule has 1 aromatic rings. The molecule has 6 nitrogen and oxygen atoms in total. The minimum atomic E-state index is -0.983. The van der Waals surface area contributed by atoms with E-state index in [0.29, 0.717) is 18.8 Å². The number of rotatable bonds is 7. The van der Waals surface area contributed by atoms with E-state index < -0.39 is 5.97 Å². The highest BCUT2D eigenvalue weighted by atomic mass is 16.5. The third-order valence-corrected chi connectivity index (χ3v) is 2.21. The number of aromatic nitrogens is 1. The third kappa shape index (κ3) is 4.58. The number of amides is 1. The lowest BCUT2D eigenvalue weighted by atomic mass is 10.4. The zero-order valence-corrected chi connectivity index (χ0v) is 10.5. The van der Waals surface area contributed by atoms with E-state index >= 15 is 0 Å². The second kappa shape index (κ2) is 6.80. The molecule has 1 rings (SSSR count). The van der Waals surface area contributed by atoms with Crippen LogP contribution in [0.4, 0.5) is 0 Å². The number of nitrogens with one attached hydrogen (secondary N) is 1. The van der Waals surface area contributed by atoms with E-state index in [-0.39, 0.29) is 18.6 Å². The van der Waals surface area contributed by atoms with Crippen molar-refractivity contribution >= 4 is 11.9 Å². The molecule has 6 heteroatoms. The van der Waals surface area contributed by atoms with Gasteiger partial charge >= 0.3 is 5.97 Å². The molecule has 0 unspecified atom stereocenters. The molecule has 0 fully saturated rings. The number of hydrogen-bond acceptors (Lipinski definition) is 3. The summed E-state index contributed by atoms with van der Waals surface area (Å²) in [7, 11) is 0. The fourth-order valence-electron chi connectivity index (χ4n) is 1.45. The Hall–Kier alpha value is -1.82. The topological polar surface area (TPSA) is 80.6 Å². The standard InChI is InChI=1S/C12H18N2O4/c1-9(2)18-7-5-13-12(17)10-4-3-6-14(10)8-11(15)16/h3-4,6,9H,5,7-8H2,1-2H3,(H,13,17)(H,15,16). The Morgan fingerprint density at radius 2 is 2.22 bits per heavy atom. The SMILES string of the molecule is CC(C)OCCNC(=O)c1cccn1CC(=O)O. The van der Waals surface area contributed by atoms with Crippen LogP contribution in [0.1, 0.15) is 24.3 Å². The lowest BCUT2D eigenvalue weighted by molar-refractivity contribution is -0.137. The monoisotopic (exact) mass is 254 g/mol. The average Bonchev–Trinajstić information content (AvgIpc) is 2.71. The van der Waals surface area contributed by atoms with Gasteiger partial charge in [0.2, 0.25) is 0 Å². The maximum absolute atomic E-state index is 11.8. The Morgan fingerprint density at radius 1 is 1.50 bits per heavy atom. The summed E-state index contributed by atoms with van der Waals surface area (Å²) >= 11 is 0. The first kappa shape index (κ1) is 14.2. The molecule has 1 amide bonds. The Bertz CT molecular complexity index is 412.